The molecule has 1 aromatic rings. The normalized spacial score (nSPS) is 10.4. The molecule has 0 atom stereocenters. The van der Waals surface area contributed by atoms with Gasteiger partial charge in [0, 0.05) is 12.7 Å². The van der Waals surface area contributed by atoms with Crippen LogP contribution in [0.5, 0.6) is 0 Å². The Morgan fingerprint density at radius 1 is 1.38 bits per heavy atom. The molecule has 2 nitrogen and oxygen atoms in total. The first-order valence-electron chi connectivity index (χ1n) is 3.63. The van der Waals surface area contributed by atoms with Crippen LogP contribution in [0, 0.1) is 18.2 Å². The van der Waals surface area contributed by atoms with Crippen LogP contribution < -0.4 is 0 Å². The van der Waals surface area contributed by atoms with E-state index in [9.17, 15) is 8.78 Å². The van der Waals surface area contributed by atoms with Gasteiger partial charge in [-0.3, -0.25) is 0 Å². The van der Waals surface area contributed by atoms with Gasteiger partial charge in [-0.15, -0.1) is 0 Å². The fourth-order valence-electron chi connectivity index (χ4n) is 0.797. The van der Waals surface area contributed by atoms with E-state index in [0.717, 1.165) is 24.8 Å². The van der Waals surface area contributed by atoms with Crippen molar-refractivity contribution < 1.29 is 18.3 Å². The molecule has 0 aliphatic carbocycles. The van der Waals surface area contributed by atoms with Crippen LogP contribution in [-0.4, -0.2) is 13.9 Å². The molecule has 0 N–H and O–H groups in total. The molecule has 0 saturated carbocycles. The Morgan fingerprint density at radius 2 is 2.15 bits per heavy atom. The lowest BCUT2D eigenvalue weighted by Crippen LogP contribution is -1.97. The second kappa shape index (κ2) is 4.89. The predicted molar refractivity (Wildman–Crippen MR) is 42.7 cm³/mol. The number of methoxy groups -OCH3 is 1. The van der Waals surface area contributed by atoms with E-state index >= 15 is 0 Å². The minimum absolute atomic E-state index is 0.00987. The molecule has 0 heterocycles. The zero-order valence-corrected chi connectivity index (χ0v) is 7.09. The van der Waals surface area contributed by atoms with Crippen LogP contribution in [0.1, 0.15) is 5.56 Å². The van der Waals surface area contributed by atoms with Crippen molar-refractivity contribution in [1.29, 1.82) is 0 Å². The fraction of sp³-hybridized carbons (Fsp3) is 0.222. The third kappa shape index (κ3) is 3.08. The van der Waals surface area contributed by atoms with Gasteiger partial charge >= 0.3 is 0 Å². The first kappa shape index (κ1) is 10.1. The molecule has 0 bridgehead atoms. The Balaban J connectivity index is 2.59. The molecular weight excluding hydrogens is 178 g/mol. The summed E-state index contributed by atoms with van der Waals surface area (Å²) in [5, 5.41) is 0. The molecule has 0 spiro atoms. The van der Waals surface area contributed by atoms with E-state index < -0.39 is 11.6 Å². The molecule has 71 valence electrons. The zero-order valence-electron chi connectivity index (χ0n) is 7.09. The molecule has 0 amide bonds. The molecule has 0 aliphatic heterocycles. The summed E-state index contributed by atoms with van der Waals surface area (Å²) in [5.74, 6) is -1.04. The maximum Gasteiger partial charge on any atom is 0.147 e. The number of benzene rings is 1. The smallest absolute Gasteiger partial charge is 0.147 e. The summed E-state index contributed by atoms with van der Waals surface area (Å²) in [4.78, 5) is 0. The molecule has 0 saturated heterocycles. The van der Waals surface area contributed by atoms with Crippen LogP contribution in [0.15, 0.2) is 18.2 Å². The van der Waals surface area contributed by atoms with Crippen LogP contribution in [0.25, 0.3) is 0 Å². The van der Waals surface area contributed by atoms with Crippen molar-refractivity contribution in [3.8, 4) is 0 Å². The van der Waals surface area contributed by atoms with E-state index in [0.29, 0.717) is 0 Å². The standard InChI is InChI=1S/C9H9F2O2/c1-12-6-13-5-7-4-8(10)2-3-9(7)11/h2-5H,6H2,1H3. The zero-order chi connectivity index (χ0) is 9.68. The number of halogens is 2. The summed E-state index contributed by atoms with van der Waals surface area (Å²) in [7, 11) is 1.44. The molecule has 1 radical (unpaired) electrons. The third-order valence-corrected chi connectivity index (χ3v) is 1.35. The van der Waals surface area contributed by atoms with Gasteiger partial charge < -0.3 is 9.47 Å². The average molecular weight is 187 g/mol. The molecule has 4 heteroatoms. The van der Waals surface area contributed by atoms with Gasteiger partial charge in [0.05, 0.1) is 0 Å². The fourth-order valence-corrected chi connectivity index (χ4v) is 0.797. The van der Waals surface area contributed by atoms with Gasteiger partial charge in [0.2, 0.25) is 0 Å². The molecule has 1 aromatic carbocycles. The minimum atomic E-state index is -0.530. The highest BCUT2D eigenvalue weighted by Gasteiger charge is 2.03. The van der Waals surface area contributed by atoms with E-state index in [1.807, 2.05) is 0 Å². The van der Waals surface area contributed by atoms with Crippen molar-refractivity contribution >= 4 is 0 Å². The predicted octanol–water partition coefficient (Wildman–Crippen LogP) is 2.10. The van der Waals surface area contributed by atoms with Gasteiger partial charge in [-0.1, -0.05) is 0 Å². The van der Waals surface area contributed by atoms with Gasteiger partial charge in [0.15, 0.2) is 0 Å². The monoisotopic (exact) mass is 187 g/mol. The number of ether oxygens (including phenoxy) is 2. The van der Waals surface area contributed by atoms with Gasteiger partial charge in [-0.05, 0) is 18.2 Å². The van der Waals surface area contributed by atoms with Crippen LogP contribution in [0.2, 0.25) is 0 Å². The van der Waals surface area contributed by atoms with Crippen molar-refractivity contribution in [3.63, 3.8) is 0 Å². The Hall–Kier alpha value is -1.00. The Kier molecular flexibility index (Phi) is 3.79. The van der Waals surface area contributed by atoms with E-state index in [2.05, 4.69) is 4.74 Å². The molecule has 0 aliphatic rings. The van der Waals surface area contributed by atoms with E-state index in [-0.39, 0.29) is 12.4 Å². The largest absolute Gasteiger partial charge is 0.359 e. The Morgan fingerprint density at radius 3 is 2.85 bits per heavy atom. The van der Waals surface area contributed by atoms with Crippen molar-refractivity contribution in [1.82, 2.24) is 0 Å². The second-order valence-corrected chi connectivity index (χ2v) is 2.36. The van der Waals surface area contributed by atoms with Crippen molar-refractivity contribution in [3.05, 3.63) is 42.0 Å². The quantitative estimate of drug-likeness (QED) is 0.530. The molecule has 0 fully saturated rings. The van der Waals surface area contributed by atoms with Gasteiger partial charge in [0.25, 0.3) is 0 Å². The van der Waals surface area contributed by atoms with E-state index in [1.54, 1.807) is 0 Å². The summed E-state index contributed by atoms with van der Waals surface area (Å²) in [6.45, 7) is 1.12. The molecule has 13 heavy (non-hydrogen) atoms. The summed E-state index contributed by atoms with van der Waals surface area (Å²) < 4.78 is 34.8. The summed E-state index contributed by atoms with van der Waals surface area (Å²) in [5.41, 5.74) is 0.0667. The van der Waals surface area contributed by atoms with Gasteiger partial charge in [0.1, 0.15) is 25.0 Å². The number of rotatable bonds is 4. The van der Waals surface area contributed by atoms with Crippen LogP contribution >= 0.6 is 0 Å². The molecule has 1 rings (SSSR count). The van der Waals surface area contributed by atoms with E-state index in [4.69, 9.17) is 4.74 Å². The van der Waals surface area contributed by atoms with Crippen molar-refractivity contribution in [2.45, 2.75) is 0 Å². The third-order valence-electron chi connectivity index (χ3n) is 1.35. The first-order valence-corrected chi connectivity index (χ1v) is 3.63. The van der Waals surface area contributed by atoms with Crippen molar-refractivity contribution in [2.24, 2.45) is 0 Å². The summed E-state index contributed by atoms with van der Waals surface area (Å²) in [6, 6.07) is 3.13. The maximum absolute atomic E-state index is 12.9. The molecule has 0 aromatic heterocycles. The molecule has 0 unspecified atom stereocenters. The van der Waals surface area contributed by atoms with Crippen molar-refractivity contribution in [2.75, 3.05) is 13.9 Å². The lowest BCUT2D eigenvalue weighted by Gasteiger charge is -2.03. The average Bonchev–Trinajstić information content (AvgIpc) is 2.11. The lowest BCUT2D eigenvalue weighted by atomic mass is 10.2. The minimum Gasteiger partial charge on any atom is -0.359 e. The lowest BCUT2D eigenvalue weighted by molar-refractivity contribution is 0.00414. The van der Waals surface area contributed by atoms with E-state index in [1.165, 1.54) is 7.11 Å². The van der Waals surface area contributed by atoms with Crippen LogP contribution in [0.3, 0.4) is 0 Å². The summed E-state index contributed by atoms with van der Waals surface area (Å²) >= 11 is 0. The number of hydrogen-bond acceptors (Lipinski definition) is 2. The topological polar surface area (TPSA) is 18.5 Å². The highest BCUT2D eigenvalue weighted by Crippen LogP contribution is 2.11. The Bertz CT molecular complexity index is 276. The van der Waals surface area contributed by atoms with Crippen LogP contribution in [-0.2, 0) is 9.47 Å². The number of hydrogen-bond donors (Lipinski definition) is 0. The first-order chi connectivity index (χ1) is 6.24. The maximum atomic E-state index is 12.9. The highest BCUT2D eigenvalue weighted by molar-refractivity contribution is 5.23. The second-order valence-electron chi connectivity index (χ2n) is 2.36. The highest BCUT2D eigenvalue weighted by atomic mass is 19.1. The Labute approximate surface area is 75.1 Å². The SMILES string of the molecule is COCO[CH]c1cc(F)ccc1F. The summed E-state index contributed by atoms with van der Waals surface area (Å²) in [6.07, 6.45) is 0. The van der Waals surface area contributed by atoms with Gasteiger partial charge in [-0.25, -0.2) is 8.78 Å². The van der Waals surface area contributed by atoms with Crippen LogP contribution in [0.4, 0.5) is 8.78 Å². The molecular formula is C9H9F2O2. The van der Waals surface area contributed by atoms with Gasteiger partial charge in [-0.2, -0.15) is 0 Å².